The summed E-state index contributed by atoms with van der Waals surface area (Å²) >= 11 is 0. The molecule has 36 heavy (non-hydrogen) atoms. The number of hydrogen-bond donors (Lipinski definition) is 0. The maximum absolute atomic E-state index is 15.1. The van der Waals surface area contributed by atoms with Gasteiger partial charge in [-0.15, -0.1) is 6.58 Å². The molecule has 0 aromatic heterocycles. The highest BCUT2D eigenvalue weighted by Crippen LogP contribution is 2.46. The van der Waals surface area contributed by atoms with Gasteiger partial charge in [0.25, 0.3) is 0 Å². The fraction of sp³-hybridized carbons (Fsp3) is 0.677. The molecule has 1 aromatic carbocycles. The second kappa shape index (κ2) is 12.3. The minimum atomic E-state index is -4.63. The van der Waals surface area contributed by atoms with Gasteiger partial charge in [0, 0.05) is 5.92 Å². The Bertz CT molecular complexity index is 877. The summed E-state index contributed by atoms with van der Waals surface area (Å²) in [4.78, 5) is 0. The van der Waals surface area contributed by atoms with Crippen LogP contribution in [0.5, 0.6) is 0 Å². The molecule has 1 aromatic rings. The Balaban J connectivity index is 1.26. The first kappa shape index (κ1) is 27.4. The minimum absolute atomic E-state index is 0.0497. The Kier molecular flexibility index (Phi) is 9.33. The molecule has 0 nitrogen and oxygen atoms in total. The fourth-order valence-corrected chi connectivity index (χ4v) is 7.31. The third kappa shape index (κ3) is 7.22. The summed E-state index contributed by atoms with van der Waals surface area (Å²) < 4.78 is 66.4. The van der Waals surface area contributed by atoms with E-state index in [2.05, 4.69) is 12.6 Å². The van der Waals surface area contributed by atoms with Crippen LogP contribution in [-0.4, -0.2) is 6.18 Å². The van der Waals surface area contributed by atoms with Crippen molar-refractivity contribution in [2.24, 2.45) is 23.7 Å². The average Bonchev–Trinajstić information content (AvgIpc) is 2.87. The van der Waals surface area contributed by atoms with Gasteiger partial charge < -0.3 is 0 Å². The standard InChI is InChI=1S/C31H41F5/c1-2-3-4-21-5-7-22(8-6-21)23-9-11-24(12-10-23)27-17-18-28(29(32)19-27)25-13-15-26(16-14-25)30(33)20-31(34,35)36/h2,17-26H,1,3-16H2. The molecule has 200 valence electrons. The van der Waals surface area contributed by atoms with E-state index in [1.807, 2.05) is 12.1 Å². The van der Waals surface area contributed by atoms with Gasteiger partial charge in [-0.3, -0.25) is 0 Å². The largest absolute Gasteiger partial charge is 0.412 e. The highest BCUT2D eigenvalue weighted by Gasteiger charge is 2.33. The molecule has 0 unspecified atom stereocenters. The van der Waals surface area contributed by atoms with Crippen molar-refractivity contribution in [3.8, 4) is 0 Å². The number of alkyl halides is 3. The van der Waals surface area contributed by atoms with Crippen molar-refractivity contribution in [2.45, 2.75) is 108 Å². The zero-order chi connectivity index (χ0) is 25.7. The molecule has 0 heterocycles. The summed E-state index contributed by atoms with van der Waals surface area (Å²) in [6, 6.07) is 5.64. The summed E-state index contributed by atoms with van der Waals surface area (Å²) in [5.74, 6) is 0.904. The van der Waals surface area contributed by atoms with Gasteiger partial charge >= 0.3 is 6.18 Å². The first-order chi connectivity index (χ1) is 17.2. The van der Waals surface area contributed by atoms with Crippen LogP contribution in [0.2, 0.25) is 0 Å². The van der Waals surface area contributed by atoms with E-state index in [0.29, 0.717) is 37.2 Å². The van der Waals surface area contributed by atoms with Crippen molar-refractivity contribution in [2.75, 3.05) is 0 Å². The van der Waals surface area contributed by atoms with Crippen LogP contribution in [0, 0.1) is 29.5 Å². The van der Waals surface area contributed by atoms with Crippen LogP contribution < -0.4 is 0 Å². The summed E-state index contributed by atoms with van der Waals surface area (Å²) in [6.07, 6.45) is 11.4. The molecule has 3 saturated carbocycles. The van der Waals surface area contributed by atoms with Crippen LogP contribution in [0.3, 0.4) is 0 Å². The van der Waals surface area contributed by atoms with Gasteiger partial charge in [0.15, 0.2) is 0 Å². The molecule has 0 amide bonds. The third-order valence-electron chi connectivity index (χ3n) is 9.46. The molecule has 0 saturated heterocycles. The van der Waals surface area contributed by atoms with Crippen LogP contribution in [0.25, 0.3) is 0 Å². The van der Waals surface area contributed by atoms with E-state index in [4.69, 9.17) is 0 Å². The summed E-state index contributed by atoms with van der Waals surface area (Å²) in [7, 11) is 0. The van der Waals surface area contributed by atoms with E-state index in [1.165, 1.54) is 44.9 Å². The Morgan fingerprint density at radius 2 is 1.42 bits per heavy atom. The van der Waals surface area contributed by atoms with Gasteiger partial charge in [-0.25, -0.2) is 8.78 Å². The second-order valence-corrected chi connectivity index (χ2v) is 11.7. The Morgan fingerprint density at radius 3 is 1.97 bits per heavy atom. The second-order valence-electron chi connectivity index (χ2n) is 11.7. The van der Waals surface area contributed by atoms with Gasteiger partial charge in [-0.05, 0) is 124 Å². The van der Waals surface area contributed by atoms with Crippen LogP contribution in [0.1, 0.15) is 113 Å². The molecule has 4 rings (SSSR count). The van der Waals surface area contributed by atoms with E-state index in [-0.39, 0.29) is 17.8 Å². The number of hydrogen-bond acceptors (Lipinski definition) is 0. The van der Waals surface area contributed by atoms with Gasteiger partial charge in [-0.2, -0.15) is 13.2 Å². The predicted molar refractivity (Wildman–Crippen MR) is 136 cm³/mol. The van der Waals surface area contributed by atoms with Gasteiger partial charge in [0.05, 0.1) is 6.08 Å². The smallest absolute Gasteiger partial charge is 0.212 e. The van der Waals surface area contributed by atoms with E-state index in [9.17, 15) is 17.6 Å². The molecular weight excluding hydrogens is 467 g/mol. The maximum Gasteiger partial charge on any atom is 0.412 e. The van der Waals surface area contributed by atoms with Crippen molar-refractivity contribution in [1.29, 1.82) is 0 Å². The van der Waals surface area contributed by atoms with E-state index >= 15 is 4.39 Å². The Morgan fingerprint density at radius 1 is 0.833 bits per heavy atom. The first-order valence-electron chi connectivity index (χ1n) is 14.1. The van der Waals surface area contributed by atoms with Crippen LogP contribution >= 0.6 is 0 Å². The number of benzene rings is 1. The number of halogens is 5. The summed E-state index contributed by atoms with van der Waals surface area (Å²) in [5, 5.41) is 0. The topological polar surface area (TPSA) is 0 Å². The normalized spacial score (nSPS) is 32.3. The van der Waals surface area contributed by atoms with E-state index in [1.54, 1.807) is 6.07 Å². The lowest BCUT2D eigenvalue weighted by Gasteiger charge is -2.38. The van der Waals surface area contributed by atoms with Crippen molar-refractivity contribution >= 4 is 0 Å². The Hall–Kier alpha value is -1.65. The zero-order valence-corrected chi connectivity index (χ0v) is 21.3. The monoisotopic (exact) mass is 508 g/mol. The molecule has 3 fully saturated rings. The number of allylic oxidation sites excluding steroid dienone is 3. The van der Waals surface area contributed by atoms with Gasteiger partial charge in [0.1, 0.15) is 11.6 Å². The maximum atomic E-state index is 15.1. The lowest BCUT2D eigenvalue weighted by Crippen LogP contribution is -2.25. The number of rotatable bonds is 7. The Labute approximate surface area is 213 Å². The first-order valence-corrected chi connectivity index (χ1v) is 14.1. The highest BCUT2D eigenvalue weighted by atomic mass is 19.4. The van der Waals surface area contributed by atoms with Gasteiger partial charge in [0.2, 0.25) is 0 Å². The quantitative estimate of drug-likeness (QED) is 0.254. The fourth-order valence-electron chi connectivity index (χ4n) is 7.31. The van der Waals surface area contributed by atoms with E-state index < -0.39 is 17.9 Å². The average molecular weight is 509 g/mol. The summed E-state index contributed by atoms with van der Waals surface area (Å²) in [5.41, 5.74) is 1.72. The van der Waals surface area contributed by atoms with Gasteiger partial charge in [-0.1, -0.05) is 31.1 Å². The van der Waals surface area contributed by atoms with Crippen molar-refractivity contribution in [3.05, 3.63) is 59.7 Å². The molecular formula is C31H41F5. The molecule has 5 heteroatoms. The SMILES string of the molecule is C=CCCC1CCC(C2CCC(c3ccc(C4CCC(C(F)=CC(F)(F)F)CC4)c(F)c3)CC2)CC1. The molecule has 0 atom stereocenters. The molecule has 0 bridgehead atoms. The van der Waals surface area contributed by atoms with Crippen molar-refractivity contribution < 1.29 is 22.0 Å². The lowest BCUT2D eigenvalue weighted by atomic mass is 9.68. The molecule has 0 N–H and O–H groups in total. The molecule has 0 aliphatic heterocycles. The van der Waals surface area contributed by atoms with Crippen LogP contribution in [-0.2, 0) is 0 Å². The lowest BCUT2D eigenvalue weighted by molar-refractivity contribution is -0.0820. The zero-order valence-electron chi connectivity index (χ0n) is 21.3. The van der Waals surface area contributed by atoms with Crippen molar-refractivity contribution in [1.82, 2.24) is 0 Å². The summed E-state index contributed by atoms with van der Waals surface area (Å²) in [6.45, 7) is 3.85. The third-order valence-corrected chi connectivity index (χ3v) is 9.46. The van der Waals surface area contributed by atoms with Crippen molar-refractivity contribution in [3.63, 3.8) is 0 Å². The van der Waals surface area contributed by atoms with E-state index in [0.717, 1.165) is 42.6 Å². The molecule has 0 radical (unpaired) electrons. The predicted octanol–water partition coefficient (Wildman–Crippen LogP) is 10.6. The molecule has 0 spiro atoms. The highest BCUT2D eigenvalue weighted by molar-refractivity contribution is 5.30. The molecule has 3 aliphatic rings. The van der Waals surface area contributed by atoms with Crippen LogP contribution in [0.15, 0.2) is 42.8 Å². The minimum Gasteiger partial charge on any atom is -0.212 e. The molecule has 3 aliphatic carbocycles. The van der Waals surface area contributed by atoms with Crippen LogP contribution in [0.4, 0.5) is 22.0 Å².